The van der Waals surface area contributed by atoms with E-state index in [1.54, 1.807) is 13.0 Å². The van der Waals surface area contributed by atoms with Crippen LogP contribution < -0.4 is 10.6 Å². The molecular formula is C11H17N3O4S. The Morgan fingerprint density at radius 3 is 2.84 bits per heavy atom. The molecule has 0 saturated carbocycles. The molecule has 0 aromatic carbocycles. The first-order valence-corrected chi connectivity index (χ1v) is 7.10. The minimum atomic E-state index is -1.04. The SMILES string of the molecule is CSCC[C@@H](NC(=O)NCc1cc(C)on1)C(=O)O. The number of rotatable bonds is 7. The number of thioether (sulfide) groups is 1. The second-order valence-electron chi connectivity index (χ2n) is 3.93. The molecule has 0 aliphatic heterocycles. The number of aliphatic carboxylic acids is 1. The Morgan fingerprint density at radius 1 is 1.58 bits per heavy atom. The summed E-state index contributed by atoms with van der Waals surface area (Å²) in [6, 6.07) is 0.281. The quantitative estimate of drug-likeness (QED) is 0.690. The van der Waals surface area contributed by atoms with Crippen LogP contribution in [-0.2, 0) is 11.3 Å². The fourth-order valence-electron chi connectivity index (χ4n) is 1.37. The van der Waals surface area contributed by atoms with Crippen LogP contribution in [0.15, 0.2) is 10.6 Å². The maximum absolute atomic E-state index is 11.6. The zero-order valence-corrected chi connectivity index (χ0v) is 11.6. The third kappa shape index (κ3) is 5.64. The average Bonchev–Trinajstić information content (AvgIpc) is 2.77. The molecule has 0 saturated heterocycles. The van der Waals surface area contributed by atoms with Crippen LogP contribution in [0.2, 0.25) is 0 Å². The van der Waals surface area contributed by atoms with E-state index in [2.05, 4.69) is 15.8 Å². The number of carboxylic acids is 1. The van der Waals surface area contributed by atoms with Gasteiger partial charge >= 0.3 is 12.0 Å². The van der Waals surface area contributed by atoms with Crippen LogP contribution in [0.4, 0.5) is 4.79 Å². The van der Waals surface area contributed by atoms with Crippen molar-refractivity contribution in [2.45, 2.75) is 25.9 Å². The predicted molar refractivity (Wildman–Crippen MR) is 71.0 cm³/mol. The van der Waals surface area contributed by atoms with Gasteiger partial charge in [-0.3, -0.25) is 0 Å². The van der Waals surface area contributed by atoms with E-state index in [9.17, 15) is 9.59 Å². The van der Waals surface area contributed by atoms with Crippen molar-refractivity contribution in [2.24, 2.45) is 0 Å². The predicted octanol–water partition coefficient (Wildman–Crippen LogP) is 0.989. The van der Waals surface area contributed by atoms with E-state index in [1.165, 1.54) is 11.8 Å². The second kappa shape index (κ2) is 7.67. The average molecular weight is 287 g/mol. The molecule has 0 spiro atoms. The van der Waals surface area contributed by atoms with E-state index in [0.29, 0.717) is 23.6 Å². The summed E-state index contributed by atoms with van der Waals surface area (Å²) < 4.78 is 4.85. The van der Waals surface area contributed by atoms with Crippen molar-refractivity contribution in [2.75, 3.05) is 12.0 Å². The van der Waals surface area contributed by atoms with Gasteiger partial charge in [-0.05, 0) is 25.4 Å². The highest BCUT2D eigenvalue weighted by Gasteiger charge is 2.19. The number of nitrogens with zero attached hydrogens (tertiary/aromatic N) is 1. The van der Waals surface area contributed by atoms with E-state index in [1.807, 2.05) is 6.26 Å². The van der Waals surface area contributed by atoms with Gasteiger partial charge in [0.25, 0.3) is 0 Å². The Bertz CT molecular complexity index is 435. The molecule has 1 atom stereocenters. The van der Waals surface area contributed by atoms with Gasteiger partial charge in [0, 0.05) is 6.07 Å². The number of urea groups is 1. The number of nitrogens with one attached hydrogen (secondary N) is 2. The van der Waals surface area contributed by atoms with Crippen LogP contribution in [0, 0.1) is 6.92 Å². The van der Waals surface area contributed by atoms with Gasteiger partial charge < -0.3 is 20.3 Å². The summed E-state index contributed by atoms with van der Waals surface area (Å²) in [5.41, 5.74) is 0.587. The summed E-state index contributed by atoms with van der Waals surface area (Å²) in [4.78, 5) is 22.5. The smallest absolute Gasteiger partial charge is 0.326 e. The summed E-state index contributed by atoms with van der Waals surface area (Å²) >= 11 is 1.53. The normalized spacial score (nSPS) is 11.9. The Kier molecular flexibility index (Phi) is 6.20. The summed E-state index contributed by atoms with van der Waals surface area (Å²) in [5, 5.41) is 17.6. The molecule has 1 heterocycles. The molecule has 2 amide bonds. The first kappa shape index (κ1) is 15.4. The van der Waals surface area contributed by atoms with Crippen molar-refractivity contribution in [3.05, 3.63) is 17.5 Å². The van der Waals surface area contributed by atoms with Crippen molar-refractivity contribution in [1.82, 2.24) is 15.8 Å². The molecule has 1 aromatic heterocycles. The number of carboxylic acid groups (broad SMARTS) is 1. The number of hydrogen-bond donors (Lipinski definition) is 3. The molecule has 0 radical (unpaired) electrons. The van der Waals surface area contributed by atoms with Gasteiger partial charge in [0.15, 0.2) is 0 Å². The lowest BCUT2D eigenvalue weighted by Gasteiger charge is -2.14. The molecule has 8 heteroatoms. The van der Waals surface area contributed by atoms with Crippen molar-refractivity contribution in [3.8, 4) is 0 Å². The highest BCUT2D eigenvalue weighted by molar-refractivity contribution is 7.98. The van der Waals surface area contributed by atoms with Crippen LogP contribution in [0.5, 0.6) is 0 Å². The number of aryl methyl sites for hydroxylation is 1. The number of amides is 2. The maximum atomic E-state index is 11.6. The number of hydrogen-bond acceptors (Lipinski definition) is 5. The molecule has 3 N–H and O–H groups in total. The molecule has 0 unspecified atom stereocenters. The van der Waals surface area contributed by atoms with Gasteiger partial charge in [-0.15, -0.1) is 0 Å². The summed E-state index contributed by atoms with van der Waals surface area (Å²) in [6.07, 6.45) is 2.26. The minimum absolute atomic E-state index is 0.193. The van der Waals surface area contributed by atoms with Crippen LogP contribution in [0.1, 0.15) is 17.9 Å². The van der Waals surface area contributed by atoms with Gasteiger partial charge in [-0.2, -0.15) is 11.8 Å². The topological polar surface area (TPSA) is 104 Å². The number of carbonyl (C=O) groups excluding carboxylic acids is 1. The molecule has 7 nitrogen and oxygen atoms in total. The molecule has 1 aromatic rings. The maximum Gasteiger partial charge on any atom is 0.326 e. The summed E-state index contributed by atoms with van der Waals surface area (Å²) in [5.74, 6) is 0.279. The van der Waals surface area contributed by atoms with Gasteiger partial charge in [0.05, 0.1) is 6.54 Å². The molecule has 106 valence electrons. The van der Waals surface area contributed by atoms with E-state index >= 15 is 0 Å². The Balaban J connectivity index is 2.37. The molecule has 0 aliphatic rings. The van der Waals surface area contributed by atoms with Crippen LogP contribution >= 0.6 is 11.8 Å². The zero-order chi connectivity index (χ0) is 14.3. The lowest BCUT2D eigenvalue weighted by molar-refractivity contribution is -0.139. The molecule has 0 bridgehead atoms. The van der Waals surface area contributed by atoms with Crippen LogP contribution in [-0.4, -0.2) is 40.3 Å². The standard InChI is InChI=1S/C11H17N3O4S/c1-7-5-8(14-18-7)6-12-11(17)13-9(10(15)16)3-4-19-2/h5,9H,3-4,6H2,1-2H3,(H,15,16)(H2,12,13,17)/t9-/m1/s1. The fourth-order valence-corrected chi connectivity index (χ4v) is 1.85. The highest BCUT2D eigenvalue weighted by atomic mass is 32.2. The van der Waals surface area contributed by atoms with E-state index in [4.69, 9.17) is 9.63 Å². The van der Waals surface area contributed by atoms with Crippen molar-refractivity contribution < 1.29 is 19.2 Å². The minimum Gasteiger partial charge on any atom is -0.480 e. The lowest BCUT2D eigenvalue weighted by Crippen LogP contribution is -2.46. The van der Waals surface area contributed by atoms with Crippen molar-refractivity contribution in [3.63, 3.8) is 0 Å². The number of aromatic nitrogens is 1. The highest BCUT2D eigenvalue weighted by Crippen LogP contribution is 2.02. The largest absolute Gasteiger partial charge is 0.480 e. The van der Waals surface area contributed by atoms with Gasteiger partial charge in [0.1, 0.15) is 17.5 Å². The molecular weight excluding hydrogens is 270 g/mol. The first-order valence-electron chi connectivity index (χ1n) is 5.71. The van der Waals surface area contributed by atoms with Crippen molar-refractivity contribution in [1.29, 1.82) is 0 Å². The fraction of sp³-hybridized carbons (Fsp3) is 0.545. The van der Waals surface area contributed by atoms with Crippen LogP contribution in [0.3, 0.4) is 0 Å². The summed E-state index contributed by atoms with van der Waals surface area (Å²) in [6.45, 7) is 1.94. The van der Waals surface area contributed by atoms with E-state index in [0.717, 1.165) is 0 Å². The second-order valence-corrected chi connectivity index (χ2v) is 4.91. The van der Waals surface area contributed by atoms with Gasteiger partial charge in [-0.1, -0.05) is 5.16 Å². The summed E-state index contributed by atoms with van der Waals surface area (Å²) in [7, 11) is 0. The molecule has 19 heavy (non-hydrogen) atoms. The Morgan fingerprint density at radius 2 is 2.32 bits per heavy atom. The molecule has 1 rings (SSSR count). The van der Waals surface area contributed by atoms with Crippen molar-refractivity contribution >= 4 is 23.8 Å². The monoisotopic (exact) mass is 287 g/mol. The van der Waals surface area contributed by atoms with E-state index < -0.39 is 18.0 Å². The third-order valence-electron chi connectivity index (χ3n) is 2.32. The molecule has 0 aliphatic carbocycles. The Labute approximate surface area is 115 Å². The van der Waals surface area contributed by atoms with Crippen LogP contribution in [0.25, 0.3) is 0 Å². The number of carbonyl (C=O) groups is 2. The Hall–Kier alpha value is -1.70. The zero-order valence-electron chi connectivity index (χ0n) is 10.8. The van der Waals surface area contributed by atoms with E-state index in [-0.39, 0.29) is 6.54 Å². The first-order chi connectivity index (χ1) is 9.02. The lowest BCUT2D eigenvalue weighted by atomic mass is 10.2. The molecule has 0 fully saturated rings. The third-order valence-corrected chi connectivity index (χ3v) is 2.96. The van der Waals surface area contributed by atoms with Gasteiger partial charge in [-0.25, -0.2) is 9.59 Å². The van der Waals surface area contributed by atoms with Gasteiger partial charge in [0.2, 0.25) is 0 Å².